The highest BCUT2D eigenvalue weighted by molar-refractivity contribution is 9.10. The molecule has 0 fully saturated rings. The summed E-state index contributed by atoms with van der Waals surface area (Å²) in [7, 11) is 0. The van der Waals surface area contributed by atoms with Crippen molar-refractivity contribution >= 4 is 38.6 Å². The number of rotatable bonds is 2. The average Bonchev–Trinajstić information content (AvgIpc) is 2.99. The first-order valence-electron chi connectivity index (χ1n) is 5.51. The third-order valence-corrected chi connectivity index (χ3v) is 5.18. The van der Waals surface area contributed by atoms with Crippen molar-refractivity contribution in [2.75, 3.05) is 0 Å². The van der Waals surface area contributed by atoms with E-state index in [9.17, 15) is 0 Å². The van der Waals surface area contributed by atoms with E-state index in [0.717, 1.165) is 15.2 Å². The summed E-state index contributed by atoms with van der Waals surface area (Å²) in [4.78, 5) is 7.27. The molecule has 0 aliphatic carbocycles. The van der Waals surface area contributed by atoms with Gasteiger partial charge in [-0.2, -0.15) is 0 Å². The summed E-state index contributed by atoms with van der Waals surface area (Å²) in [6.07, 6.45) is 0. The van der Waals surface area contributed by atoms with E-state index in [2.05, 4.69) is 64.6 Å². The van der Waals surface area contributed by atoms with Crippen LogP contribution in [-0.4, -0.2) is 4.98 Å². The molecule has 3 aromatic rings. The summed E-state index contributed by atoms with van der Waals surface area (Å²) in [6, 6.07) is 12.5. The molecule has 4 heteroatoms. The van der Waals surface area contributed by atoms with Crippen LogP contribution in [0.3, 0.4) is 0 Å². The highest BCUT2D eigenvalue weighted by atomic mass is 79.9. The minimum Gasteiger partial charge on any atom is -0.235 e. The quantitative estimate of drug-likeness (QED) is 0.593. The van der Waals surface area contributed by atoms with Crippen LogP contribution >= 0.6 is 38.6 Å². The molecule has 0 bridgehead atoms. The molecular formula is C14H10BrNS2. The van der Waals surface area contributed by atoms with Crippen LogP contribution in [0.25, 0.3) is 21.1 Å². The zero-order valence-corrected chi connectivity index (χ0v) is 12.9. The monoisotopic (exact) mass is 335 g/mol. The molecule has 1 aromatic carbocycles. The summed E-state index contributed by atoms with van der Waals surface area (Å²) >= 11 is 6.95. The smallest absolute Gasteiger partial charge is 0.134 e. The molecule has 0 amide bonds. The lowest BCUT2D eigenvalue weighted by Crippen LogP contribution is -1.80. The van der Waals surface area contributed by atoms with Crippen LogP contribution in [0.1, 0.15) is 4.88 Å². The van der Waals surface area contributed by atoms with Crippen molar-refractivity contribution in [3.63, 3.8) is 0 Å². The van der Waals surface area contributed by atoms with E-state index in [4.69, 9.17) is 4.98 Å². The van der Waals surface area contributed by atoms with Crippen LogP contribution in [0, 0.1) is 6.92 Å². The van der Waals surface area contributed by atoms with E-state index >= 15 is 0 Å². The highest BCUT2D eigenvalue weighted by Crippen LogP contribution is 2.35. The van der Waals surface area contributed by atoms with Gasteiger partial charge in [0.25, 0.3) is 0 Å². The maximum atomic E-state index is 4.77. The minimum absolute atomic E-state index is 1.09. The summed E-state index contributed by atoms with van der Waals surface area (Å²) in [6.45, 7) is 2.13. The molecule has 0 aliphatic rings. The molecule has 3 rings (SSSR count). The molecule has 90 valence electrons. The van der Waals surface area contributed by atoms with E-state index in [1.54, 1.807) is 22.7 Å². The van der Waals surface area contributed by atoms with E-state index in [-0.39, 0.29) is 0 Å². The molecule has 18 heavy (non-hydrogen) atoms. The van der Waals surface area contributed by atoms with E-state index in [1.165, 1.54) is 15.3 Å². The van der Waals surface area contributed by atoms with Gasteiger partial charge in [-0.25, -0.2) is 4.98 Å². The summed E-state index contributed by atoms with van der Waals surface area (Å²) in [5.74, 6) is 0. The number of aromatic nitrogens is 1. The van der Waals surface area contributed by atoms with Crippen LogP contribution in [0.15, 0.2) is 46.3 Å². The third-order valence-electron chi connectivity index (χ3n) is 2.65. The molecule has 0 saturated carbocycles. The Morgan fingerprint density at radius 1 is 1.11 bits per heavy atom. The number of hydrogen-bond donors (Lipinski definition) is 0. The van der Waals surface area contributed by atoms with Gasteiger partial charge in [-0.15, -0.1) is 22.7 Å². The Hall–Kier alpha value is -0.970. The van der Waals surface area contributed by atoms with Crippen LogP contribution < -0.4 is 0 Å². The molecule has 0 N–H and O–H groups in total. The molecule has 1 nitrogen and oxygen atoms in total. The number of hydrogen-bond acceptors (Lipinski definition) is 3. The fourth-order valence-corrected chi connectivity index (χ4v) is 3.77. The van der Waals surface area contributed by atoms with Gasteiger partial charge in [0.1, 0.15) is 5.01 Å². The Morgan fingerprint density at radius 2 is 1.89 bits per heavy atom. The summed E-state index contributed by atoms with van der Waals surface area (Å²) in [5, 5.41) is 3.20. The van der Waals surface area contributed by atoms with E-state index in [0.29, 0.717) is 0 Å². The van der Waals surface area contributed by atoms with Crippen LogP contribution in [0.2, 0.25) is 0 Å². The first-order chi connectivity index (χ1) is 8.74. The lowest BCUT2D eigenvalue weighted by Gasteiger charge is -1.98. The molecule has 0 aliphatic heterocycles. The minimum atomic E-state index is 1.09. The van der Waals surface area contributed by atoms with Gasteiger partial charge < -0.3 is 0 Å². The second kappa shape index (κ2) is 4.96. The van der Waals surface area contributed by atoms with Gasteiger partial charge in [-0.05, 0) is 30.5 Å². The number of thiazole rings is 1. The molecular weight excluding hydrogens is 326 g/mol. The highest BCUT2D eigenvalue weighted by Gasteiger charge is 2.11. The summed E-state index contributed by atoms with van der Waals surface area (Å²) in [5.41, 5.74) is 2.27. The second-order valence-corrected chi connectivity index (χ2v) is 6.97. The summed E-state index contributed by atoms with van der Waals surface area (Å²) < 4.78 is 1.10. The lowest BCUT2D eigenvalue weighted by molar-refractivity contribution is 1.38. The number of aryl methyl sites for hydroxylation is 1. The SMILES string of the molecule is Cc1sc(-c2cccs2)nc1-c1ccc(Br)cc1. The Morgan fingerprint density at radius 3 is 2.56 bits per heavy atom. The van der Waals surface area contributed by atoms with E-state index in [1.807, 2.05) is 0 Å². The molecule has 0 unspecified atom stereocenters. The van der Waals surface area contributed by atoms with Crippen molar-refractivity contribution in [1.29, 1.82) is 0 Å². The Labute approximate surface area is 122 Å². The normalized spacial score (nSPS) is 10.8. The van der Waals surface area contributed by atoms with Gasteiger partial charge in [-0.3, -0.25) is 0 Å². The fraction of sp³-hybridized carbons (Fsp3) is 0.0714. The predicted octanol–water partition coefficient (Wildman–Crippen LogP) is 5.61. The van der Waals surface area contributed by atoms with Crippen molar-refractivity contribution in [2.24, 2.45) is 0 Å². The topological polar surface area (TPSA) is 12.9 Å². The van der Waals surface area contributed by atoms with Crippen molar-refractivity contribution < 1.29 is 0 Å². The predicted molar refractivity (Wildman–Crippen MR) is 83.3 cm³/mol. The fourth-order valence-electron chi connectivity index (χ4n) is 1.78. The molecule has 0 saturated heterocycles. The van der Waals surface area contributed by atoms with E-state index < -0.39 is 0 Å². The van der Waals surface area contributed by atoms with Gasteiger partial charge in [0.2, 0.25) is 0 Å². The molecule has 0 spiro atoms. The number of nitrogens with zero attached hydrogens (tertiary/aromatic N) is 1. The maximum absolute atomic E-state index is 4.77. The van der Waals surface area contributed by atoms with Crippen molar-refractivity contribution in [3.8, 4) is 21.1 Å². The Bertz CT molecular complexity index is 654. The van der Waals surface area contributed by atoms with Gasteiger partial charge in [-0.1, -0.05) is 34.1 Å². The molecule has 0 radical (unpaired) electrons. The van der Waals surface area contributed by atoms with Gasteiger partial charge in [0.15, 0.2) is 0 Å². The van der Waals surface area contributed by atoms with Crippen molar-refractivity contribution in [1.82, 2.24) is 4.98 Å². The largest absolute Gasteiger partial charge is 0.235 e. The van der Waals surface area contributed by atoms with Gasteiger partial charge in [0.05, 0.1) is 10.6 Å². The number of halogens is 1. The second-order valence-electron chi connectivity index (χ2n) is 3.91. The van der Waals surface area contributed by atoms with Crippen molar-refractivity contribution in [2.45, 2.75) is 6.92 Å². The molecule has 2 aromatic heterocycles. The molecule has 2 heterocycles. The zero-order chi connectivity index (χ0) is 12.5. The Kier molecular flexibility index (Phi) is 3.33. The van der Waals surface area contributed by atoms with Gasteiger partial charge >= 0.3 is 0 Å². The van der Waals surface area contributed by atoms with Gasteiger partial charge in [0, 0.05) is 14.9 Å². The average molecular weight is 336 g/mol. The Balaban J connectivity index is 2.06. The number of thiophene rings is 1. The molecule has 0 atom stereocenters. The lowest BCUT2D eigenvalue weighted by atomic mass is 10.1. The van der Waals surface area contributed by atoms with Crippen LogP contribution in [-0.2, 0) is 0 Å². The zero-order valence-electron chi connectivity index (χ0n) is 9.68. The maximum Gasteiger partial charge on any atom is 0.134 e. The first-order valence-corrected chi connectivity index (χ1v) is 8.00. The van der Waals surface area contributed by atoms with Crippen LogP contribution in [0.5, 0.6) is 0 Å². The third kappa shape index (κ3) is 2.28. The van der Waals surface area contributed by atoms with Crippen LogP contribution in [0.4, 0.5) is 0 Å². The van der Waals surface area contributed by atoms with Crippen molar-refractivity contribution in [3.05, 3.63) is 51.1 Å². The first kappa shape index (κ1) is 12.1. The standard InChI is InChI=1S/C14H10BrNS2/c1-9-13(10-4-6-11(15)7-5-10)16-14(18-9)12-3-2-8-17-12/h2-8H,1H3. The number of benzene rings is 1.